The van der Waals surface area contributed by atoms with Crippen LogP contribution in [-0.2, 0) is 9.59 Å². The minimum Gasteiger partial charge on any atom is -0.393 e. The molecule has 0 amide bonds. The van der Waals surface area contributed by atoms with Gasteiger partial charge >= 0.3 is 0 Å². The third-order valence-corrected chi connectivity index (χ3v) is 11.0. The number of carbonyl (C=O) groups excluding carboxylic acids is 2. The monoisotopic (exact) mass is 491 g/mol. The van der Waals surface area contributed by atoms with Crippen molar-refractivity contribution < 1.29 is 19.8 Å². The topological polar surface area (TPSA) is 77.8 Å². The van der Waals surface area contributed by atoms with Crippen molar-refractivity contribution in [2.24, 2.45) is 28.6 Å². The fourth-order valence-corrected chi connectivity index (χ4v) is 8.98. The van der Waals surface area contributed by atoms with Crippen LogP contribution in [-0.4, -0.2) is 61.5 Å². The average molecular weight is 492 g/mol. The zero-order valence-corrected chi connectivity index (χ0v) is 21.8. The number of Topliss-reactive ketones (excluding diaryl/α,β-unsaturated/α-hetero) is 1. The van der Waals surface area contributed by atoms with Gasteiger partial charge in [0.15, 0.2) is 11.6 Å². The first-order valence-electron chi connectivity index (χ1n) is 12.3. The van der Waals surface area contributed by atoms with E-state index in [9.17, 15) is 19.8 Å². The van der Waals surface area contributed by atoms with Crippen LogP contribution in [0.25, 0.3) is 0 Å². The molecule has 0 bridgehead atoms. The lowest BCUT2D eigenvalue weighted by molar-refractivity contribution is -0.174. The van der Waals surface area contributed by atoms with Gasteiger partial charge in [0.05, 0.1) is 11.9 Å². The third-order valence-electron chi connectivity index (χ3n) is 9.46. The molecule has 0 radical (unpaired) electrons. The number of fused-ring (bicyclic) bond motifs is 5. The zero-order valence-electron chi connectivity index (χ0n) is 20.2. The maximum absolute atomic E-state index is 13.4. The predicted molar refractivity (Wildman–Crippen MR) is 136 cm³/mol. The van der Waals surface area contributed by atoms with Gasteiger partial charge in [0.1, 0.15) is 9.92 Å². The molecule has 0 aromatic rings. The number of aliphatic hydroxyl groups excluding tert-OH is 1. The van der Waals surface area contributed by atoms with Crippen molar-refractivity contribution in [3.8, 4) is 0 Å². The van der Waals surface area contributed by atoms with Gasteiger partial charge in [0, 0.05) is 29.8 Å². The second kappa shape index (κ2) is 8.89. The summed E-state index contributed by atoms with van der Waals surface area (Å²) in [5.74, 6) is 0.407. The van der Waals surface area contributed by atoms with E-state index in [2.05, 4.69) is 6.92 Å². The fourth-order valence-electron chi connectivity index (χ4n) is 7.61. The molecule has 4 aliphatic carbocycles. The van der Waals surface area contributed by atoms with Gasteiger partial charge in [-0.1, -0.05) is 49.5 Å². The highest BCUT2D eigenvalue weighted by molar-refractivity contribution is 8.23. The van der Waals surface area contributed by atoms with Crippen LogP contribution < -0.4 is 0 Å². The summed E-state index contributed by atoms with van der Waals surface area (Å²) in [5, 5.41) is 23.3. The summed E-state index contributed by atoms with van der Waals surface area (Å²) in [4.78, 5) is 27.5. The Hall–Kier alpha value is -1.02. The molecule has 3 saturated carbocycles. The lowest BCUT2D eigenvalue weighted by Gasteiger charge is -2.59. The first kappa shape index (κ1) is 25.1. The maximum Gasteiger partial charge on any atom is 0.178 e. The van der Waals surface area contributed by atoms with Crippen molar-refractivity contribution in [3.63, 3.8) is 0 Å². The molecular weight excluding hydrogens is 454 g/mol. The first-order chi connectivity index (χ1) is 15.5. The third kappa shape index (κ3) is 3.78. The SMILES string of the molecule is CCN(CC)C(=S)SCC(=O)C1(O)CCC2C3CCC4=CC(=O)C=CC4(C)C3C(O)CC21C. The van der Waals surface area contributed by atoms with Gasteiger partial charge in [-0.25, -0.2) is 0 Å². The van der Waals surface area contributed by atoms with E-state index in [1.54, 1.807) is 12.2 Å². The molecule has 33 heavy (non-hydrogen) atoms. The molecule has 7 atom stereocenters. The van der Waals surface area contributed by atoms with Gasteiger partial charge in [0.25, 0.3) is 0 Å². The lowest BCUT2D eigenvalue weighted by atomic mass is 9.46. The summed E-state index contributed by atoms with van der Waals surface area (Å²) in [6.45, 7) is 9.83. The number of allylic oxidation sites excluding steroid dienone is 4. The van der Waals surface area contributed by atoms with Gasteiger partial charge in [-0.2, -0.15) is 0 Å². The molecular formula is C26H37NO4S2. The van der Waals surface area contributed by atoms with Crippen LogP contribution in [0.3, 0.4) is 0 Å². The van der Waals surface area contributed by atoms with Gasteiger partial charge in [0.2, 0.25) is 0 Å². The van der Waals surface area contributed by atoms with Crippen LogP contribution >= 0.6 is 24.0 Å². The Bertz CT molecular complexity index is 912. The van der Waals surface area contributed by atoms with Gasteiger partial charge in [-0.15, -0.1) is 0 Å². The molecule has 0 heterocycles. The van der Waals surface area contributed by atoms with E-state index in [4.69, 9.17) is 12.2 Å². The average Bonchev–Trinajstić information content (AvgIpc) is 3.04. The van der Waals surface area contributed by atoms with Crippen LogP contribution in [0.2, 0.25) is 0 Å². The molecule has 4 rings (SSSR count). The van der Waals surface area contributed by atoms with Gasteiger partial charge in [-0.05, 0) is 69.9 Å². The number of ketones is 2. The highest BCUT2D eigenvalue weighted by Crippen LogP contribution is 2.67. The van der Waals surface area contributed by atoms with Crippen LogP contribution in [0.5, 0.6) is 0 Å². The van der Waals surface area contributed by atoms with E-state index >= 15 is 0 Å². The van der Waals surface area contributed by atoms with Crippen LogP contribution in [0.1, 0.15) is 59.8 Å². The minimum absolute atomic E-state index is 0.00185. The van der Waals surface area contributed by atoms with Crippen LogP contribution in [0, 0.1) is 28.6 Å². The molecule has 0 saturated heterocycles. The quantitative estimate of drug-likeness (QED) is 0.564. The van der Waals surface area contributed by atoms with E-state index in [1.807, 2.05) is 31.7 Å². The standard InChI is InChI=1S/C26H37NO4S2/c1-5-27(6-2)23(32)33-15-21(30)26(31)12-10-19-18-8-7-16-13-17(28)9-11-24(16,3)22(18)20(29)14-25(19,26)4/h9,11,13,18-20,22,29,31H,5-8,10,12,14-15H2,1-4H3. The summed E-state index contributed by atoms with van der Waals surface area (Å²) in [7, 11) is 0. The van der Waals surface area contributed by atoms with E-state index in [-0.39, 0.29) is 40.5 Å². The largest absolute Gasteiger partial charge is 0.393 e. The smallest absolute Gasteiger partial charge is 0.178 e. The second-order valence-corrected chi connectivity index (χ2v) is 12.4. The Labute approximate surface area is 207 Å². The van der Waals surface area contributed by atoms with Crippen molar-refractivity contribution >= 4 is 39.9 Å². The Balaban J connectivity index is 1.56. The summed E-state index contributed by atoms with van der Waals surface area (Å²) >= 11 is 6.84. The molecule has 7 heteroatoms. The molecule has 182 valence electrons. The summed E-state index contributed by atoms with van der Waals surface area (Å²) < 4.78 is 0.693. The Morgan fingerprint density at radius 2 is 1.97 bits per heavy atom. The lowest BCUT2D eigenvalue weighted by Crippen LogP contribution is -2.61. The molecule has 5 nitrogen and oxygen atoms in total. The van der Waals surface area contributed by atoms with Crippen molar-refractivity contribution in [2.45, 2.75) is 71.5 Å². The normalized spacial score (nSPS) is 41.6. The van der Waals surface area contributed by atoms with Crippen LogP contribution in [0.15, 0.2) is 23.8 Å². The Morgan fingerprint density at radius 3 is 2.64 bits per heavy atom. The molecule has 0 spiro atoms. The summed E-state index contributed by atoms with van der Waals surface area (Å²) in [5.41, 5.74) is -1.32. The molecule has 7 unspecified atom stereocenters. The number of carbonyl (C=O) groups is 2. The highest BCUT2D eigenvalue weighted by Gasteiger charge is 2.67. The number of aliphatic hydroxyl groups is 2. The molecule has 2 N–H and O–H groups in total. The van der Waals surface area contributed by atoms with E-state index < -0.39 is 17.1 Å². The Morgan fingerprint density at radius 1 is 1.27 bits per heavy atom. The van der Waals surface area contributed by atoms with Crippen molar-refractivity contribution in [3.05, 3.63) is 23.8 Å². The number of hydrogen-bond acceptors (Lipinski definition) is 6. The van der Waals surface area contributed by atoms with Crippen LogP contribution in [0.4, 0.5) is 0 Å². The zero-order chi connectivity index (χ0) is 24.2. The molecule has 0 aromatic heterocycles. The fraction of sp³-hybridized carbons (Fsp3) is 0.731. The highest BCUT2D eigenvalue weighted by atomic mass is 32.2. The first-order valence-corrected chi connectivity index (χ1v) is 13.7. The van der Waals surface area contributed by atoms with E-state index in [0.717, 1.165) is 37.9 Å². The summed E-state index contributed by atoms with van der Waals surface area (Å²) in [6.07, 6.45) is 8.08. The maximum atomic E-state index is 13.4. The van der Waals surface area contributed by atoms with Crippen molar-refractivity contribution in [1.29, 1.82) is 0 Å². The van der Waals surface area contributed by atoms with Crippen molar-refractivity contribution in [1.82, 2.24) is 4.90 Å². The number of thioether (sulfide) groups is 1. The minimum atomic E-state index is -1.44. The number of thiocarbonyl (C=S) groups is 1. The van der Waals surface area contributed by atoms with Crippen molar-refractivity contribution in [2.75, 3.05) is 18.8 Å². The number of hydrogen-bond donors (Lipinski definition) is 2. The second-order valence-electron chi connectivity index (χ2n) is 10.8. The molecule has 3 fully saturated rings. The number of nitrogens with zero attached hydrogens (tertiary/aromatic N) is 1. The Kier molecular flexibility index (Phi) is 6.75. The predicted octanol–water partition coefficient (Wildman–Crippen LogP) is 3.93. The van der Waals surface area contributed by atoms with E-state index in [1.165, 1.54) is 11.8 Å². The summed E-state index contributed by atoms with van der Waals surface area (Å²) in [6, 6.07) is 0. The molecule has 4 aliphatic rings. The molecule has 0 aromatic carbocycles. The molecule has 0 aliphatic heterocycles. The van der Waals surface area contributed by atoms with E-state index in [0.29, 0.717) is 17.2 Å². The number of rotatable bonds is 5. The van der Waals surface area contributed by atoms with Gasteiger partial charge in [-0.3, -0.25) is 9.59 Å². The van der Waals surface area contributed by atoms with Gasteiger partial charge < -0.3 is 15.1 Å².